The number of hydrogen-bond acceptors (Lipinski definition) is 3. The minimum atomic E-state index is 0.376. The largest absolute Gasteiger partial charge is 0.494 e. The molecule has 0 aliphatic carbocycles. The predicted octanol–water partition coefficient (Wildman–Crippen LogP) is 2.78. The van der Waals surface area contributed by atoms with E-state index >= 15 is 0 Å². The molecule has 2 unspecified atom stereocenters. The van der Waals surface area contributed by atoms with Crippen LogP contribution in [0.5, 0.6) is 5.75 Å². The minimum Gasteiger partial charge on any atom is -0.494 e. The van der Waals surface area contributed by atoms with Gasteiger partial charge in [0, 0.05) is 24.2 Å². The van der Waals surface area contributed by atoms with E-state index in [0.29, 0.717) is 12.0 Å². The van der Waals surface area contributed by atoms with E-state index in [1.807, 2.05) is 24.3 Å². The Morgan fingerprint density at radius 1 is 1.37 bits per heavy atom. The molecule has 4 heteroatoms. The smallest absolute Gasteiger partial charge is 0.119 e. The monoisotopic (exact) mass is 282 g/mol. The fraction of sp³-hybridized carbons (Fsp3) is 0.600. The molecular weight excluding hydrogens is 260 g/mol. The Morgan fingerprint density at radius 2 is 2.11 bits per heavy atom. The molecule has 19 heavy (non-hydrogen) atoms. The van der Waals surface area contributed by atoms with Gasteiger partial charge in [-0.05, 0) is 49.6 Å². The van der Waals surface area contributed by atoms with Crippen molar-refractivity contribution in [2.45, 2.75) is 25.8 Å². The third-order valence-corrected chi connectivity index (χ3v) is 4.01. The lowest BCUT2D eigenvalue weighted by atomic mass is 9.95. The summed E-state index contributed by atoms with van der Waals surface area (Å²) in [4.78, 5) is 2.49. The van der Waals surface area contributed by atoms with E-state index in [1.165, 1.54) is 0 Å². The summed E-state index contributed by atoms with van der Waals surface area (Å²) in [6, 6.07) is 7.89. The van der Waals surface area contributed by atoms with E-state index in [1.54, 1.807) is 0 Å². The molecule has 1 fully saturated rings. The quantitative estimate of drug-likeness (QED) is 0.844. The second-order valence-electron chi connectivity index (χ2n) is 5.39. The number of likely N-dealkylation sites (tertiary alicyclic amines) is 1. The average molecular weight is 283 g/mol. The molecule has 0 spiro atoms. The van der Waals surface area contributed by atoms with Crippen LogP contribution in [0.4, 0.5) is 0 Å². The third-order valence-electron chi connectivity index (χ3n) is 3.76. The first-order valence-corrected chi connectivity index (χ1v) is 7.39. The molecule has 0 aromatic heterocycles. The number of piperidine rings is 1. The zero-order chi connectivity index (χ0) is 13.7. The molecule has 2 atom stereocenters. The van der Waals surface area contributed by atoms with Gasteiger partial charge in [-0.25, -0.2) is 0 Å². The highest BCUT2D eigenvalue weighted by molar-refractivity contribution is 6.30. The van der Waals surface area contributed by atoms with Crippen LogP contribution in [0.15, 0.2) is 24.3 Å². The summed E-state index contributed by atoms with van der Waals surface area (Å²) in [5.41, 5.74) is 6.02. The number of benzene rings is 1. The molecule has 1 aliphatic heterocycles. The van der Waals surface area contributed by atoms with E-state index in [9.17, 15) is 0 Å². The van der Waals surface area contributed by atoms with Crippen LogP contribution < -0.4 is 10.5 Å². The van der Waals surface area contributed by atoms with E-state index in [4.69, 9.17) is 22.1 Å². The standard InChI is InChI=1S/C15H23ClN2O/c1-12-11-18(9-7-15(12)17)8-2-10-19-14-5-3-13(16)4-6-14/h3-6,12,15H,2,7-11,17H2,1H3. The van der Waals surface area contributed by atoms with E-state index in [2.05, 4.69) is 11.8 Å². The molecule has 1 heterocycles. The zero-order valence-electron chi connectivity index (χ0n) is 11.5. The Bertz CT molecular complexity index is 382. The van der Waals surface area contributed by atoms with Crippen LogP contribution in [0.2, 0.25) is 5.02 Å². The first-order valence-electron chi connectivity index (χ1n) is 7.01. The van der Waals surface area contributed by atoms with Crippen LogP contribution in [0.3, 0.4) is 0 Å². The lowest BCUT2D eigenvalue weighted by Gasteiger charge is -2.35. The lowest BCUT2D eigenvalue weighted by Crippen LogP contribution is -2.46. The number of halogens is 1. The van der Waals surface area contributed by atoms with Crippen molar-refractivity contribution >= 4 is 11.6 Å². The van der Waals surface area contributed by atoms with Crippen LogP contribution in [0, 0.1) is 5.92 Å². The van der Waals surface area contributed by atoms with Gasteiger partial charge in [-0.3, -0.25) is 0 Å². The molecule has 1 aromatic rings. The number of hydrogen-bond donors (Lipinski definition) is 1. The molecular formula is C15H23ClN2O. The van der Waals surface area contributed by atoms with Gasteiger partial charge >= 0.3 is 0 Å². The molecule has 1 saturated heterocycles. The van der Waals surface area contributed by atoms with Gasteiger partial charge in [-0.1, -0.05) is 18.5 Å². The Balaban J connectivity index is 1.63. The summed E-state index contributed by atoms with van der Waals surface area (Å²) in [5, 5.41) is 0.742. The van der Waals surface area contributed by atoms with Gasteiger partial charge < -0.3 is 15.4 Å². The Labute approximate surface area is 120 Å². The molecule has 106 valence electrons. The maximum Gasteiger partial charge on any atom is 0.119 e. The molecule has 0 saturated carbocycles. The summed E-state index contributed by atoms with van der Waals surface area (Å²) in [7, 11) is 0. The number of rotatable bonds is 5. The van der Waals surface area contributed by atoms with Crippen LogP contribution in [-0.2, 0) is 0 Å². The third kappa shape index (κ3) is 4.68. The van der Waals surface area contributed by atoms with Crippen molar-refractivity contribution in [2.75, 3.05) is 26.2 Å². The van der Waals surface area contributed by atoms with Gasteiger partial charge in [-0.2, -0.15) is 0 Å². The van der Waals surface area contributed by atoms with Gasteiger partial charge in [0.2, 0.25) is 0 Å². The van der Waals surface area contributed by atoms with Crippen LogP contribution in [0.1, 0.15) is 19.8 Å². The number of nitrogens with two attached hydrogens (primary N) is 1. The SMILES string of the molecule is CC1CN(CCCOc2ccc(Cl)cc2)CCC1N. The van der Waals surface area contributed by atoms with Gasteiger partial charge in [0.1, 0.15) is 5.75 Å². The van der Waals surface area contributed by atoms with E-state index < -0.39 is 0 Å². The minimum absolute atomic E-state index is 0.376. The summed E-state index contributed by atoms with van der Waals surface area (Å²) >= 11 is 5.83. The van der Waals surface area contributed by atoms with Crippen LogP contribution in [-0.4, -0.2) is 37.2 Å². The summed E-state index contributed by atoms with van der Waals surface area (Å²) in [6.45, 7) is 6.30. The molecule has 3 nitrogen and oxygen atoms in total. The number of nitrogens with zero attached hydrogens (tertiary/aromatic N) is 1. The number of ether oxygens (including phenoxy) is 1. The second kappa shape index (κ2) is 7.13. The zero-order valence-corrected chi connectivity index (χ0v) is 12.3. The van der Waals surface area contributed by atoms with Crippen molar-refractivity contribution in [2.24, 2.45) is 11.7 Å². The summed E-state index contributed by atoms with van der Waals surface area (Å²) in [6.07, 6.45) is 2.16. The van der Waals surface area contributed by atoms with Crippen molar-refractivity contribution in [1.29, 1.82) is 0 Å². The fourth-order valence-electron chi connectivity index (χ4n) is 2.46. The molecule has 2 rings (SSSR count). The van der Waals surface area contributed by atoms with Crippen LogP contribution in [0.25, 0.3) is 0 Å². The van der Waals surface area contributed by atoms with E-state index in [0.717, 1.165) is 49.9 Å². The van der Waals surface area contributed by atoms with E-state index in [-0.39, 0.29) is 0 Å². The lowest BCUT2D eigenvalue weighted by molar-refractivity contribution is 0.154. The summed E-state index contributed by atoms with van der Waals surface area (Å²) in [5.74, 6) is 1.49. The first-order chi connectivity index (χ1) is 9.15. The van der Waals surface area contributed by atoms with Gasteiger partial charge in [-0.15, -0.1) is 0 Å². The van der Waals surface area contributed by atoms with Crippen molar-refractivity contribution in [3.05, 3.63) is 29.3 Å². The molecule has 2 N–H and O–H groups in total. The van der Waals surface area contributed by atoms with Crippen molar-refractivity contribution in [1.82, 2.24) is 4.90 Å². The maximum atomic E-state index is 6.02. The topological polar surface area (TPSA) is 38.5 Å². The molecule has 0 bridgehead atoms. The van der Waals surface area contributed by atoms with Crippen molar-refractivity contribution in [3.63, 3.8) is 0 Å². The molecule has 1 aromatic carbocycles. The predicted molar refractivity (Wildman–Crippen MR) is 79.8 cm³/mol. The highest BCUT2D eigenvalue weighted by Crippen LogP contribution is 2.17. The molecule has 0 amide bonds. The summed E-state index contributed by atoms with van der Waals surface area (Å²) < 4.78 is 5.69. The Kier molecular flexibility index (Phi) is 5.49. The maximum absolute atomic E-state index is 6.02. The average Bonchev–Trinajstić information content (AvgIpc) is 2.41. The van der Waals surface area contributed by atoms with Gasteiger partial charge in [0.05, 0.1) is 6.61 Å². The Morgan fingerprint density at radius 3 is 2.79 bits per heavy atom. The molecule has 1 aliphatic rings. The normalized spacial score (nSPS) is 24.4. The highest BCUT2D eigenvalue weighted by atomic mass is 35.5. The molecule has 0 radical (unpaired) electrons. The fourth-order valence-corrected chi connectivity index (χ4v) is 2.59. The van der Waals surface area contributed by atoms with Gasteiger partial charge in [0.15, 0.2) is 0 Å². The van der Waals surface area contributed by atoms with Gasteiger partial charge in [0.25, 0.3) is 0 Å². The highest BCUT2D eigenvalue weighted by Gasteiger charge is 2.22. The van der Waals surface area contributed by atoms with Crippen molar-refractivity contribution in [3.8, 4) is 5.75 Å². The van der Waals surface area contributed by atoms with Crippen LogP contribution >= 0.6 is 11.6 Å². The Hall–Kier alpha value is -0.770. The second-order valence-corrected chi connectivity index (χ2v) is 5.82. The van der Waals surface area contributed by atoms with Crippen molar-refractivity contribution < 1.29 is 4.74 Å². The first kappa shape index (κ1) is 14.6.